The lowest BCUT2D eigenvalue weighted by Crippen LogP contribution is -2.48. The van der Waals surface area contributed by atoms with E-state index in [1.807, 2.05) is 0 Å². The second-order valence-electron chi connectivity index (χ2n) is 4.56. The van der Waals surface area contributed by atoms with Crippen LogP contribution in [0.3, 0.4) is 0 Å². The third kappa shape index (κ3) is 2.75. The molecule has 7 heteroatoms. The molecule has 0 radical (unpaired) electrons. The van der Waals surface area contributed by atoms with Gasteiger partial charge in [-0.25, -0.2) is 4.79 Å². The summed E-state index contributed by atoms with van der Waals surface area (Å²) in [7, 11) is 0. The minimum atomic E-state index is -0.847. The van der Waals surface area contributed by atoms with Crippen molar-refractivity contribution in [2.45, 2.75) is 13.0 Å². The van der Waals surface area contributed by atoms with Gasteiger partial charge >= 0.3 is 6.03 Å². The maximum atomic E-state index is 12.1. The zero-order valence-corrected chi connectivity index (χ0v) is 12.1. The molecule has 2 amide bonds. The number of hydrogen-bond donors (Lipinski definition) is 1. The Morgan fingerprint density at radius 3 is 2.76 bits per heavy atom. The van der Waals surface area contributed by atoms with Crippen molar-refractivity contribution in [3.8, 4) is 0 Å². The maximum Gasteiger partial charge on any atom is 0.323 e. The molecule has 0 aliphatic carbocycles. The lowest BCUT2D eigenvalue weighted by atomic mass is 9.99. The normalized spacial score (nSPS) is 18.5. The van der Waals surface area contributed by atoms with Crippen molar-refractivity contribution in [3.05, 3.63) is 69.0 Å². The third-order valence-electron chi connectivity index (χ3n) is 3.23. The Labute approximate surface area is 126 Å². The fraction of sp³-hybridized carbons (Fsp3) is 0.214. The van der Waals surface area contributed by atoms with E-state index in [4.69, 9.17) is 11.6 Å². The van der Waals surface area contributed by atoms with Gasteiger partial charge in [0.25, 0.3) is 5.70 Å². The maximum absolute atomic E-state index is 12.1. The Morgan fingerprint density at radius 2 is 2.19 bits per heavy atom. The highest BCUT2D eigenvalue weighted by Gasteiger charge is 2.41. The van der Waals surface area contributed by atoms with Gasteiger partial charge in [0.15, 0.2) is 6.04 Å². The highest BCUT2D eigenvalue weighted by Crippen LogP contribution is 2.36. The summed E-state index contributed by atoms with van der Waals surface area (Å²) in [5.41, 5.74) is 0.640. The average Bonchev–Trinajstić information content (AvgIpc) is 2.41. The summed E-state index contributed by atoms with van der Waals surface area (Å²) in [6.07, 6.45) is 1.52. The van der Waals surface area contributed by atoms with Gasteiger partial charge in [0.2, 0.25) is 0 Å². The van der Waals surface area contributed by atoms with Crippen LogP contribution < -0.4 is 5.32 Å². The number of amides is 2. The number of nitrogens with one attached hydrogen (secondary N) is 1. The van der Waals surface area contributed by atoms with Gasteiger partial charge in [0, 0.05) is 17.1 Å². The molecular formula is C14H14ClN3O3. The molecule has 1 aliphatic heterocycles. The van der Waals surface area contributed by atoms with Gasteiger partial charge in [-0.05, 0) is 13.0 Å². The van der Waals surface area contributed by atoms with Gasteiger partial charge in [-0.3, -0.25) is 10.1 Å². The molecule has 1 atom stereocenters. The van der Waals surface area contributed by atoms with Crippen molar-refractivity contribution in [2.24, 2.45) is 0 Å². The average molecular weight is 308 g/mol. The van der Waals surface area contributed by atoms with Crippen LogP contribution in [-0.2, 0) is 0 Å². The summed E-state index contributed by atoms with van der Waals surface area (Å²) in [5.74, 6) is 0. The van der Waals surface area contributed by atoms with Crippen LogP contribution in [0, 0.1) is 10.1 Å². The SMILES string of the molecule is C=CCN1C(=O)NC(C)=C([N+](=O)[O-])C1c1ccccc1Cl. The number of allylic oxidation sites excluding steroid dienone is 1. The van der Waals surface area contributed by atoms with E-state index in [1.165, 1.54) is 17.9 Å². The minimum absolute atomic E-state index is 0.0930. The van der Waals surface area contributed by atoms with Crippen LogP contribution in [0.15, 0.2) is 48.3 Å². The molecule has 1 unspecified atom stereocenters. The number of carbonyl (C=O) groups is 1. The smallest absolute Gasteiger partial charge is 0.306 e. The molecule has 0 fully saturated rings. The van der Waals surface area contributed by atoms with E-state index >= 15 is 0 Å². The number of carbonyl (C=O) groups excluding carboxylic acids is 1. The largest absolute Gasteiger partial charge is 0.323 e. The van der Waals surface area contributed by atoms with E-state index in [0.29, 0.717) is 10.6 Å². The quantitative estimate of drug-likeness (QED) is 0.527. The number of nitro groups is 1. The van der Waals surface area contributed by atoms with E-state index in [9.17, 15) is 14.9 Å². The standard InChI is InChI=1S/C14H14ClN3O3/c1-3-8-17-13(10-6-4-5-7-11(10)15)12(18(20)21)9(2)16-14(17)19/h3-7,13H,1,8H2,2H3,(H,16,19). The Morgan fingerprint density at radius 1 is 1.52 bits per heavy atom. The van der Waals surface area contributed by atoms with Crippen LogP contribution in [0.25, 0.3) is 0 Å². The van der Waals surface area contributed by atoms with Crippen molar-refractivity contribution in [2.75, 3.05) is 6.54 Å². The van der Waals surface area contributed by atoms with Gasteiger partial charge in [0.05, 0.1) is 10.6 Å². The molecule has 1 aliphatic rings. The first-order valence-corrected chi connectivity index (χ1v) is 6.63. The summed E-state index contributed by atoms with van der Waals surface area (Å²) >= 11 is 6.16. The van der Waals surface area contributed by atoms with Crippen LogP contribution in [0.4, 0.5) is 4.79 Å². The lowest BCUT2D eigenvalue weighted by molar-refractivity contribution is -0.435. The molecule has 0 spiro atoms. The first-order valence-electron chi connectivity index (χ1n) is 6.25. The molecule has 2 rings (SSSR count). The molecule has 0 saturated carbocycles. The third-order valence-corrected chi connectivity index (χ3v) is 3.58. The molecule has 110 valence electrons. The van der Waals surface area contributed by atoms with E-state index < -0.39 is 17.0 Å². The number of nitrogens with zero attached hydrogens (tertiary/aromatic N) is 2. The summed E-state index contributed by atoms with van der Waals surface area (Å²) in [4.78, 5) is 24.4. The van der Waals surface area contributed by atoms with E-state index in [0.717, 1.165) is 0 Å². The number of hydrogen-bond acceptors (Lipinski definition) is 3. The van der Waals surface area contributed by atoms with Crippen LogP contribution in [0.1, 0.15) is 18.5 Å². The number of halogens is 1. The van der Waals surface area contributed by atoms with Gasteiger partial charge < -0.3 is 10.2 Å². The predicted octanol–water partition coefficient (Wildman–Crippen LogP) is 3.10. The molecule has 0 bridgehead atoms. The van der Waals surface area contributed by atoms with Crippen LogP contribution >= 0.6 is 11.6 Å². The van der Waals surface area contributed by atoms with Gasteiger partial charge in [0.1, 0.15) is 0 Å². The molecule has 0 saturated heterocycles. The van der Waals surface area contributed by atoms with Crippen LogP contribution in [0.2, 0.25) is 5.02 Å². The predicted molar refractivity (Wildman–Crippen MR) is 79.3 cm³/mol. The van der Waals surface area contributed by atoms with E-state index in [2.05, 4.69) is 11.9 Å². The second-order valence-corrected chi connectivity index (χ2v) is 4.97. The van der Waals surface area contributed by atoms with Crippen molar-refractivity contribution in [1.82, 2.24) is 10.2 Å². The topological polar surface area (TPSA) is 75.5 Å². The van der Waals surface area contributed by atoms with Crippen LogP contribution in [0.5, 0.6) is 0 Å². The Hall–Kier alpha value is -2.34. The summed E-state index contributed by atoms with van der Waals surface area (Å²) in [6, 6.07) is 5.52. The van der Waals surface area contributed by atoms with E-state index in [1.54, 1.807) is 24.3 Å². The van der Waals surface area contributed by atoms with Crippen molar-refractivity contribution >= 4 is 17.6 Å². The molecule has 1 aromatic carbocycles. The molecule has 1 heterocycles. The van der Waals surface area contributed by atoms with E-state index in [-0.39, 0.29) is 17.9 Å². The summed E-state index contributed by atoms with van der Waals surface area (Å²) < 4.78 is 0. The lowest BCUT2D eigenvalue weighted by Gasteiger charge is -2.34. The second kappa shape index (κ2) is 5.97. The molecule has 21 heavy (non-hydrogen) atoms. The van der Waals surface area contributed by atoms with Crippen LogP contribution in [-0.4, -0.2) is 22.4 Å². The Kier molecular flexibility index (Phi) is 4.28. The van der Waals surface area contributed by atoms with Crippen molar-refractivity contribution in [3.63, 3.8) is 0 Å². The summed E-state index contributed by atoms with van der Waals surface area (Å²) in [6.45, 7) is 5.27. The number of rotatable bonds is 4. The van der Waals surface area contributed by atoms with Crippen molar-refractivity contribution in [1.29, 1.82) is 0 Å². The fourth-order valence-electron chi connectivity index (χ4n) is 2.34. The molecule has 1 N–H and O–H groups in total. The highest BCUT2D eigenvalue weighted by molar-refractivity contribution is 6.31. The molecule has 6 nitrogen and oxygen atoms in total. The fourth-order valence-corrected chi connectivity index (χ4v) is 2.58. The van der Waals surface area contributed by atoms with Gasteiger partial charge in [-0.15, -0.1) is 6.58 Å². The zero-order valence-electron chi connectivity index (χ0n) is 11.4. The monoisotopic (exact) mass is 307 g/mol. The van der Waals surface area contributed by atoms with Crippen molar-refractivity contribution < 1.29 is 9.72 Å². The highest BCUT2D eigenvalue weighted by atomic mass is 35.5. The van der Waals surface area contributed by atoms with Gasteiger partial charge in [-0.2, -0.15) is 0 Å². The Bertz CT molecular complexity index is 642. The first kappa shape index (κ1) is 15.1. The molecule has 1 aromatic rings. The molecule has 0 aromatic heterocycles. The summed E-state index contributed by atoms with van der Waals surface area (Å²) in [5, 5.41) is 14.3. The zero-order chi connectivity index (χ0) is 15.6. The minimum Gasteiger partial charge on any atom is -0.306 e. The molecular weight excluding hydrogens is 294 g/mol. The first-order chi connectivity index (χ1) is 9.97. The van der Waals surface area contributed by atoms with Gasteiger partial charge in [-0.1, -0.05) is 35.9 Å². The number of urea groups is 1. The Balaban J connectivity index is 2.65. The number of benzene rings is 1.